The molecule has 3 rings (SSSR count). The van der Waals surface area contributed by atoms with Gasteiger partial charge < -0.3 is 68.0 Å². The van der Waals surface area contributed by atoms with E-state index in [9.17, 15) is 20.4 Å². The van der Waals surface area contributed by atoms with Gasteiger partial charge in [0.1, 0.15) is 36.6 Å². The van der Waals surface area contributed by atoms with Crippen LogP contribution < -0.4 is 28.7 Å². The number of nitrogens with two attached hydrogens (primary N) is 5. The van der Waals surface area contributed by atoms with Gasteiger partial charge in [-0.3, -0.25) is 9.11 Å². The van der Waals surface area contributed by atoms with E-state index in [-0.39, 0.29) is 12.5 Å². The molecular weight excluding hydrogens is 510 g/mol. The third-order valence-corrected chi connectivity index (χ3v) is 6.34. The van der Waals surface area contributed by atoms with E-state index < -0.39 is 90.4 Å². The molecule has 214 valence electrons. The third-order valence-electron chi connectivity index (χ3n) is 6.34. The second kappa shape index (κ2) is 13.4. The largest absolute Gasteiger partial charge is 0.394 e. The summed E-state index contributed by atoms with van der Waals surface area (Å²) >= 11 is 0. The van der Waals surface area contributed by atoms with Gasteiger partial charge in [0.15, 0.2) is 12.6 Å². The lowest BCUT2D eigenvalue weighted by molar-refractivity contribution is -0.313. The predicted octanol–water partition coefficient (Wildman–Crippen LogP) is -5.92. The predicted molar refractivity (Wildman–Crippen MR) is 121 cm³/mol. The maximum absolute atomic E-state index is 11.0. The van der Waals surface area contributed by atoms with E-state index in [2.05, 4.69) is 0 Å². The van der Waals surface area contributed by atoms with E-state index >= 15 is 0 Å². The molecule has 0 amide bonds. The van der Waals surface area contributed by atoms with Gasteiger partial charge in [0.2, 0.25) is 0 Å². The number of aliphatic hydroxyl groups excluding tert-OH is 4. The van der Waals surface area contributed by atoms with E-state index in [4.69, 9.17) is 65.1 Å². The van der Waals surface area contributed by atoms with Crippen LogP contribution in [0.4, 0.5) is 0 Å². The van der Waals surface area contributed by atoms with Crippen LogP contribution in [0, 0.1) is 0 Å². The number of hydrogen-bond acceptors (Lipinski definition) is 15. The molecule has 2 heterocycles. The highest BCUT2D eigenvalue weighted by molar-refractivity contribution is 7.79. The normalized spacial score (nSPS) is 46.0. The van der Waals surface area contributed by atoms with Crippen LogP contribution in [0.15, 0.2) is 0 Å². The fourth-order valence-electron chi connectivity index (χ4n) is 4.36. The molecular formula is C18H39N5O12S. The highest BCUT2D eigenvalue weighted by atomic mass is 32.3. The lowest BCUT2D eigenvalue weighted by Gasteiger charge is -2.47. The summed E-state index contributed by atoms with van der Waals surface area (Å²) in [5.41, 5.74) is 30.0. The molecule has 16 N–H and O–H groups in total. The van der Waals surface area contributed by atoms with Crippen LogP contribution in [0.2, 0.25) is 0 Å². The molecule has 0 aromatic rings. The highest BCUT2D eigenvalue weighted by Gasteiger charge is 2.49. The lowest BCUT2D eigenvalue weighted by Crippen LogP contribution is -2.68. The number of ether oxygens (including phenoxy) is 4. The van der Waals surface area contributed by atoms with E-state index in [1.807, 2.05) is 0 Å². The third kappa shape index (κ3) is 8.43. The Hall–Kier alpha value is -0.650. The first-order valence-corrected chi connectivity index (χ1v) is 12.8. The Morgan fingerprint density at radius 2 is 1.33 bits per heavy atom. The first kappa shape index (κ1) is 31.6. The summed E-state index contributed by atoms with van der Waals surface area (Å²) in [5, 5.41) is 40.7. The Labute approximate surface area is 208 Å². The van der Waals surface area contributed by atoms with Crippen LogP contribution in [0.25, 0.3) is 0 Å². The standard InChI is InChI=1S/C18H37N5O8.H2O4S/c19-4-6-1-2-7(20)17(28-6)30-15-8(21)3-9(22)16(14(15)27)31-18-13(26)11(23)12(25)10(5-24)29-18;1-5(2,3)4/h6-18,24-27H,1-5,19-23H2;(H2,1,2,3,4)/t6?,7?,8-,9+,10?,11?,12?,13?,14?,15+,16-,17?,18-;/m1./s1. The van der Waals surface area contributed by atoms with Gasteiger partial charge in [-0.2, -0.15) is 8.42 Å². The van der Waals surface area contributed by atoms with Gasteiger partial charge in [-0.25, -0.2) is 0 Å². The second-order valence-corrected chi connectivity index (χ2v) is 9.99. The Kier molecular flexibility index (Phi) is 11.8. The number of aliphatic hydroxyl groups is 4. The Bertz CT molecular complexity index is 774. The first-order valence-electron chi connectivity index (χ1n) is 11.4. The maximum Gasteiger partial charge on any atom is 0.394 e. The maximum atomic E-state index is 11.0. The molecule has 0 radical (unpaired) electrons. The minimum absolute atomic E-state index is 0.204. The molecule has 3 fully saturated rings. The van der Waals surface area contributed by atoms with Crippen molar-refractivity contribution in [3.63, 3.8) is 0 Å². The minimum Gasteiger partial charge on any atom is -0.394 e. The minimum atomic E-state index is -4.67. The fraction of sp³-hybridized carbons (Fsp3) is 1.00. The summed E-state index contributed by atoms with van der Waals surface area (Å²) in [6, 6.07) is -2.85. The summed E-state index contributed by atoms with van der Waals surface area (Å²) in [4.78, 5) is 0. The summed E-state index contributed by atoms with van der Waals surface area (Å²) in [5.74, 6) is 0. The van der Waals surface area contributed by atoms with Gasteiger partial charge in [0.05, 0.1) is 24.8 Å². The van der Waals surface area contributed by atoms with Crippen molar-refractivity contribution in [2.45, 2.75) is 98.7 Å². The first-order chi connectivity index (χ1) is 16.7. The summed E-state index contributed by atoms with van der Waals surface area (Å²) in [6.07, 6.45) is -7.72. The smallest absolute Gasteiger partial charge is 0.394 e. The Morgan fingerprint density at radius 3 is 1.83 bits per heavy atom. The molecule has 2 saturated heterocycles. The zero-order valence-corrected chi connectivity index (χ0v) is 20.3. The molecule has 3 aliphatic rings. The van der Waals surface area contributed by atoms with Crippen LogP contribution in [0.1, 0.15) is 19.3 Å². The van der Waals surface area contributed by atoms with E-state index in [1.165, 1.54) is 0 Å². The van der Waals surface area contributed by atoms with Crippen LogP contribution in [0.5, 0.6) is 0 Å². The average molecular weight is 550 g/mol. The molecule has 18 heteroatoms. The molecule has 36 heavy (non-hydrogen) atoms. The quantitative estimate of drug-likeness (QED) is 0.137. The molecule has 0 aromatic carbocycles. The van der Waals surface area contributed by atoms with Crippen molar-refractivity contribution in [3.05, 3.63) is 0 Å². The van der Waals surface area contributed by atoms with Crippen LogP contribution in [-0.4, -0.2) is 131 Å². The summed E-state index contributed by atoms with van der Waals surface area (Å²) in [7, 11) is -4.67. The molecule has 17 nitrogen and oxygen atoms in total. The zero-order chi connectivity index (χ0) is 27.4. The number of hydrogen-bond donors (Lipinski definition) is 11. The number of rotatable bonds is 6. The highest BCUT2D eigenvalue weighted by Crippen LogP contribution is 2.30. The fourth-order valence-corrected chi connectivity index (χ4v) is 4.36. The molecule has 8 unspecified atom stereocenters. The van der Waals surface area contributed by atoms with E-state index in [0.29, 0.717) is 19.4 Å². The summed E-state index contributed by atoms with van der Waals surface area (Å²) < 4.78 is 54.5. The van der Waals surface area contributed by atoms with Crippen molar-refractivity contribution in [1.82, 2.24) is 0 Å². The van der Waals surface area contributed by atoms with Crippen LogP contribution in [0.3, 0.4) is 0 Å². The zero-order valence-electron chi connectivity index (χ0n) is 19.5. The van der Waals surface area contributed by atoms with Gasteiger partial charge in [-0.15, -0.1) is 0 Å². The molecule has 13 atom stereocenters. The van der Waals surface area contributed by atoms with Crippen molar-refractivity contribution >= 4 is 10.4 Å². The molecule has 0 spiro atoms. The molecule has 2 aliphatic heterocycles. The van der Waals surface area contributed by atoms with Crippen molar-refractivity contribution in [2.75, 3.05) is 13.2 Å². The summed E-state index contributed by atoms with van der Waals surface area (Å²) in [6.45, 7) is -0.214. The SMILES string of the molecule is NCC1CCC(N)C(O[C@@H]2C(O)[C@H](O[C@H]3OC(CO)C(O)C(N)C3O)[C@@H](N)C[C@H]2N)O1.O=S(=O)(O)O. The van der Waals surface area contributed by atoms with E-state index in [1.54, 1.807) is 0 Å². The molecule has 0 bridgehead atoms. The van der Waals surface area contributed by atoms with E-state index in [0.717, 1.165) is 0 Å². The topological polar surface area (TPSA) is 323 Å². The second-order valence-electron chi connectivity index (χ2n) is 9.09. The Balaban J connectivity index is 0.000000830. The van der Waals surface area contributed by atoms with Crippen molar-refractivity contribution in [3.8, 4) is 0 Å². The lowest BCUT2D eigenvalue weighted by atomic mass is 9.84. The van der Waals surface area contributed by atoms with Crippen LogP contribution in [-0.2, 0) is 29.3 Å². The molecule has 1 saturated carbocycles. The molecule has 1 aliphatic carbocycles. The Morgan fingerprint density at radius 1 is 0.806 bits per heavy atom. The van der Waals surface area contributed by atoms with Gasteiger partial charge >= 0.3 is 10.4 Å². The molecule has 0 aromatic heterocycles. The van der Waals surface area contributed by atoms with Crippen molar-refractivity contribution in [2.24, 2.45) is 28.7 Å². The monoisotopic (exact) mass is 549 g/mol. The van der Waals surface area contributed by atoms with Gasteiger partial charge in [-0.1, -0.05) is 0 Å². The van der Waals surface area contributed by atoms with Gasteiger partial charge in [0, 0.05) is 18.6 Å². The van der Waals surface area contributed by atoms with Crippen molar-refractivity contribution < 1.29 is 56.9 Å². The van der Waals surface area contributed by atoms with Crippen molar-refractivity contribution in [1.29, 1.82) is 0 Å². The average Bonchev–Trinajstić information content (AvgIpc) is 2.79. The van der Waals surface area contributed by atoms with Crippen LogP contribution >= 0.6 is 0 Å². The van der Waals surface area contributed by atoms with Gasteiger partial charge in [-0.05, 0) is 19.3 Å². The van der Waals surface area contributed by atoms with Gasteiger partial charge in [0.25, 0.3) is 0 Å².